The van der Waals surface area contributed by atoms with Crippen molar-refractivity contribution in [1.82, 2.24) is 9.78 Å². The van der Waals surface area contributed by atoms with Gasteiger partial charge in [-0.3, -0.25) is 9.48 Å². The normalized spacial score (nSPS) is 12.9. The second kappa shape index (κ2) is 10.8. The van der Waals surface area contributed by atoms with Crippen LogP contribution in [0.15, 0.2) is 84.6 Å². The summed E-state index contributed by atoms with van der Waals surface area (Å²) in [6, 6.07) is 25.2. The van der Waals surface area contributed by atoms with Crippen molar-refractivity contribution in [1.29, 1.82) is 5.26 Å². The number of para-hydroxylation sites is 1. The quantitative estimate of drug-likeness (QED) is 0.280. The number of carbonyl (C=O) groups excluding carboxylic acids is 1. The Hall–Kier alpha value is -4.83. The number of aryl methyl sites for hydroxylation is 1. The molecule has 0 saturated heterocycles. The molecular weight excluding hydrogens is 464 g/mol. The van der Waals surface area contributed by atoms with E-state index in [-0.39, 0.29) is 5.57 Å². The minimum Gasteiger partial charge on any atom is -0.490 e. The zero-order valence-corrected chi connectivity index (χ0v) is 20.5. The van der Waals surface area contributed by atoms with E-state index in [2.05, 4.69) is 11.4 Å². The molecule has 1 aliphatic rings. The molecule has 0 radical (unpaired) electrons. The number of anilines is 1. The van der Waals surface area contributed by atoms with Crippen LogP contribution in [0.3, 0.4) is 0 Å². The van der Waals surface area contributed by atoms with Crippen LogP contribution < -0.4 is 14.8 Å². The fraction of sp³-hybridized carbons (Fsp3) is 0.167. The third kappa shape index (κ3) is 5.54. The second-order valence-electron chi connectivity index (χ2n) is 8.77. The summed E-state index contributed by atoms with van der Waals surface area (Å²) in [4.78, 5) is 13.0. The molecule has 7 nitrogen and oxygen atoms in total. The lowest BCUT2D eigenvalue weighted by Gasteiger charge is -2.09. The van der Waals surface area contributed by atoms with Gasteiger partial charge < -0.3 is 14.8 Å². The summed E-state index contributed by atoms with van der Waals surface area (Å²) >= 11 is 0. The number of amides is 1. The van der Waals surface area contributed by atoms with Gasteiger partial charge in [-0.15, -0.1) is 0 Å². The van der Waals surface area contributed by atoms with E-state index in [1.807, 2.05) is 90.6 Å². The Balaban J connectivity index is 1.53. The highest BCUT2D eigenvalue weighted by molar-refractivity contribution is 6.10. The van der Waals surface area contributed by atoms with Crippen LogP contribution >= 0.6 is 0 Å². The van der Waals surface area contributed by atoms with Crippen molar-refractivity contribution in [2.45, 2.75) is 19.9 Å². The second-order valence-corrected chi connectivity index (χ2v) is 8.77. The molecule has 0 fully saturated rings. The molecular formula is C30H26N4O3. The summed E-state index contributed by atoms with van der Waals surface area (Å²) in [5.74, 6) is 0.870. The third-order valence-electron chi connectivity index (χ3n) is 6.06. The minimum absolute atomic E-state index is 0.0156. The molecule has 37 heavy (non-hydrogen) atoms. The fourth-order valence-corrected chi connectivity index (χ4v) is 4.14. The standard InChI is InChI=1S/C30H26N4O3/c1-21-8-5-6-11-26(21)32-30(35)24(18-31)16-25-20-34(19-22-9-3-2-4-10-22)33-29(25)23-12-13-27-28(17-23)37-15-7-14-36-27/h2-6,8-13,16-17,20H,7,14-15,19H2,1H3,(H,32,35)/b24-16+. The van der Waals surface area contributed by atoms with Crippen molar-refractivity contribution in [3.05, 3.63) is 101 Å². The predicted molar refractivity (Wildman–Crippen MR) is 142 cm³/mol. The molecule has 0 saturated carbocycles. The third-order valence-corrected chi connectivity index (χ3v) is 6.06. The van der Waals surface area contributed by atoms with Crippen LogP contribution in [-0.4, -0.2) is 28.9 Å². The number of nitriles is 1. The van der Waals surface area contributed by atoms with E-state index >= 15 is 0 Å². The molecule has 1 aromatic heterocycles. The maximum atomic E-state index is 13.0. The van der Waals surface area contributed by atoms with Crippen molar-refractivity contribution in [2.75, 3.05) is 18.5 Å². The van der Waals surface area contributed by atoms with Crippen LogP contribution in [0.25, 0.3) is 17.3 Å². The van der Waals surface area contributed by atoms with Crippen molar-refractivity contribution in [3.63, 3.8) is 0 Å². The van der Waals surface area contributed by atoms with Crippen molar-refractivity contribution in [3.8, 4) is 28.8 Å². The molecule has 3 aromatic carbocycles. The number of ether oxygens (including phenoxy) is 2. The summed E-state index contributed by atoms with van der Waals surface area (Å²) in [6.07, 6.45) is 4.25. The monoisotopic (exact) mass is 490 g/mol. The van der Waals surface area contributed by atoms with Gasteiger partial charge in [0.2, 0.25) is 0 Å². The average Bonchev–Trinajstić information content (AvgIpc) is 3.15. The zero-order valence-electron chi connectivity index (χ0n) is 20.5. The maximum absolute atomic E-state index is 13.0. The molecule has 1 amide bonds. The van der Waals surface area contributed by atoms with Gasteiger partial charge in [-0.05, 0) is 48.4 Å². The van der Waals surface area contributed by atoms with Crippen LogP contribution in [0, 0.1) is 18.3 Å². The first-order valence-electron chi connectivity index (χ1n) is 12.1. The van der Waals surface area contributed by atoms with Gasteiger partial charge in [0.05, 0.1) is 25.5 Å². The Labute approximate surface area is 215 Å². The topological polar surface area (TPSA) is 89.2 Å². The summed E-state index contributed by atoms with van der Waals surface area (Å²) in [7, 11) is 0. The molecule has 5 rings (SSSR count). The highest BCUT2D eigenvalue weighted by Gasteiger charge is 2.18. The molecule has 0 bridgehead atoms. The number of hydrogen-bond donors (Lipinski definition) is 1. The van der Waals surface area contributed by atoms with Gasteiger partial charge in [-0.2, -0.15) is 10.4 Å². The number of fused-ring (bicyclic) bond motifs is 1. The number of rotatable bonds is 6. The summed E-state index contributed by atoms with van der Waals surface area (Å²) in [5.41, 5.74) is 4.75. The summed E-state index contributed by atoms with van der Waals surface area (Å²) in [6.45, 7) is 3.63. The van der Waals surface area contributed by atoms with Gasteiger partial charge in [-0.1, -0.05) is 48.5 Å². The number of benzene rings is 3. The van der Waals surface area contributed by atoms with Crippen LogP contribution in [0.4, 0.5) is 5.69 Å². The van der Waals surface area contributed by atoms with Crippen molar-refractivity contribution in [2.24, 2.45) is 0 Å². The SMILES string of the molecule is Cc1ccccc1NC(=O)/C(C#N)=C/c1cn(Cc2ccccc2)nc1-c1ccc2c(c1)OCCCO2. The van der Waals surface area contributed by atoms with E-state index in [0.717, 1.165) is 23.1 Å². The summed E-state index contributed by atoms with van der Waals surface area (Å²) < 4.78 is 13.5. The van der Waals surface area contributed by atoms with E-state index in [1.165, 1.54) is 0 Å². The average molecular weight is 491 g/mol. The van der Waals surface area contributed by atoms with E-state index in [0.29, 0.717) is 48.2 Å². The Bertz CT molecular complexity index is 1500. The smallest absolute Gasteiger partial charge is 0.266 e. The largest absolute Gasteiger partial charge is 0.490 e. The van der Waals surface area contributed by atoms with Gasteiger partial charge in [0.15, 0.2) is 11.5 Å². The molecule has 7 heteroatoms. The highest BCUT2D eigenvalue weighted by atomic mass is 16.5. The van der Waals surface area contributed by atoms with E-state index < -0.39 is 5.91 Å². The minimum atomic E-state index is -0.475. The lowest BCUT2D eigenvalue weighted by atomic mass is 10.0. The van der Waals surface area contributed by atoms with Gasteiger partial charge in [0.1, 0.15) is 11.6 Å². The van der Waals surface area contributed by atoms with E-state index in [9.17, 15) is 10.1 Å². The first-order valence-corrected chi connectivity index (χ1v) is 12.1. The molecule has 1 aliphatic heterocycles. The Morgan fingerprint density at radius 2 is 1.81 bits per heavy atom. The molecule has 2 heterocycles. The van der Waals surface area contributed by atoms with Crippen LogP contribution in [0.1, 0.15) is 23.1 Å². The first-order chi connectivity index (χ1) is 18.1. The van der Waals surface area contributed by atoms with E-state index in [4.69, 9.17) is 14.6 Å². The van der Waals surface area contributed by atoms with Gasteiger partial charge >= 0.3 is 0 Å². The fourth-order valence-electron chi connectivity index (χ4n) is 4.14. The predicted octanol–water partition coefficient (Wildman–Crippen LogP) is 5.61. The molecule has 0 spiro atoms. The zero-order chi connectivity index (χ0) is 25.6. The molecule has 0 aliphatic carbocycles. The van der Waals surface area contributed by atoms with Crippen LogP contribution in [0.5, 0.6) is 11.5 Å². The number of nitrogens with zero attached hydrogens (tertiary/aromatic N) is 3. The Kier molecular flexibility index (Phi) is 7.00. The highest BCUT2D eigenvalue weighted by Crippen LogP contribution is 2.35. The molecule has 1 N–H and O–H groups in total. The van der Waals surface area contributed by atoms with Crippen molar-refractivity contribution >= 4 is 17.7 Å². The lowest BCUT2D eigenvalue weighted by Crippen LogP contribution is -2.14. The van der Waals surface area contributed by atoms with Crippen molar-refractivity contribution < 1.29 is 14.3 Å². The number of aromatic nitrogens is 2. The Morgan fingerprint density at radius 1 is 1.05 bits per heavy atom. The van der Waals surface area contributed by atoms with Gasteiger partial charge in [0.25, 0.3) is 5.91 Å². The first kappa shape index (κ1) is 23.9. The maximum Gasteiger partial charge on any atom is 0.266 e. The Morgan fingerprint density at radius 3 is 2.59 bits per heavy atom. The summed E-state index contributed by atoms with van der Waals surface area (Å²) in [5, 5.41) is 17.5. The van der Waals surface area contributed by atoms with E-state index in [1.54, 1.807) is 6.08 Å². The molecule has 184 valence electrons. The van der Waals surface area contributed by atoms with Crippen LogP contribution in [0.2, 0.25) is 0 Å². The number of nitrogens with one attached hydrogen (secondary N) is 1. The molecule has 0 atom stereocenters. The van der Waals surface area contributed by atoms with Gasteiger partial charge in [0, 0.05) is 29.4 Å². The number of carbonyl (C=O) groups is 1. The lowest BCUT2D eigenvalue weighted by molar-refractivity contribution is -0.112. The molecule has 0 unspecified atom stereocenters. The van der Waals surface area contributed by atoms with Crippen LogP contribution in [-0.2, 0) is 11.3 Å². The van der Waals surface area contributed by atoms with Gasteiger partial charge in [-0.25, -0.2) is 0 Å². The number of hydrogen-bond acceptors (Lipinski definition) is 5. The molecule has 4 aromatic rings.